The first-order chi connectivity index (χ1) is 14.8. The minimum absolute atomic E-state index is 0. The van der Waals surface area contributed by atoms with Crippen molar-refractivity contribution in [2.75, 3.05) is 40.0 Å². The number of ether oxygens (including phenoxy) is 2. The molecule has 1 fully saturated rings. The quantitative estimate of drug-likeness (QED) is 0.280. The maximum Gasteiger partial charge on any atom is 0.191 e. The van der Waals surface area contributed by atoms with Crippen LogP contribution >= 0.6 is 24.0 Å². The molecule has 3 rings (SSSR count). The van der Waals surface area contributed by atoms with E-state index in [-0.39, 0.29) is 29.6 Å². The molecule has 0 unspecified atom stereocenters. The van der Waals surface area contributed by atoms with Gasteiger partial charge in [0.05, 0.1) is 12.1 Å². The molecule has 0 aliphatic carbocycles. The number of hydrogen-bond donors (Lipinski definition) is 2. The highest BCUT2D eigenvalue weighted by molar-refractivity contribution is 14.0. The molecular weight excluding hydrogens is 501 g/mol. The van der Waals surface area contributed by atoms with Gasteiger partial charge in [-0.1, -0.05) is 60.7 Å². The van der Waals surface area contributed by atoms with Gasteiger partial charge >= 0.3 is 0 Å². The first kappa shape index (κ1) is 25.6. The summed E-state index contributed by atoms with van der Waals surface area (Å²) in [5.41, 5.74) is 2.47. The Labute approximate surface area is 204 Å². The highest BCUT2D eigenvalue weighted by Crippen LogP contribution is 2.27. The van der Waals surface area contributed by atoms with E-state index in [4.69, 9.17) is 14.5 Å². The van der Waals surface area contributed by atoms with Gasteiger partial charge < -0.3 is 20.1 Å². The van der Waals surface area contributed by atoms with Crippen molar-refractivity contribution >= 4 is 29.9 Å². The van der Waals surface area contributed by atoms with E-state index >= 15 is 0 Å². The molecule has 0 radical (unpaired) electrons. The molecule has 0 spiro atoms. The molecule has 31 heavy (non-hydrogen) atoms. The molecule has 6 heteroatoms. The van der Waals surface area contributed by atoms with Gasteiger partial charge in [-0.05, 0) is 24.5 Å². The van der Waals surface area contributed by atoms with E-state index in [1.54, 1.807) is 7.11 Å². The average Bonchev–Trinajstić information content (AvgIpc) is 2.82. The molecule has 1 heterocycles. The third-order valence-corrected chi connectivity index (χ3v) is 5.84. The summed E-state index contributed by atoms with van der Waals surface area (Å²) in [6, 6.07) is 21.4. The SMILES string of the molecule is CCNC(=NCC1(OC)CCOCC1)NCCC(c1ccccc1)c1ccccc1.I. The third-order valence-electron chi connectivity index (χ3n) is 5.84. The fourth-order valence-corrected chi connectivity index (χ4v) is 3.97. The number of guanidine groups is 1. The summed E-state index contributed by atoms with van der Waals surface area (Å²) in [7, 11) is 1.78. The van der Waals surface area contributed by atoms with Crippen molar-refractivity contribution in [1.29, 1.82) is 0 Å². The van der Waals surface area contributed by atoms with Crippen molar-refractivity contribution < 1.29 is 9.47 Å². The number of rotatable bonds is 9. The lowest BCUT2D eigenvalue weighted by molar-refractivity contribution is -0.0828. The second-order valence-corrected chi connectivity index (χ2v) is 7.78. The predicted molar refractivity (Wildman–Crippen MR) is 139 cm³/mol. The summed E-state index contributed by atoms with van der Waals surface area (Å²) in [5, 5.41) is 6.89. The number of benzene rings is 2. The Hall–Kier alpha value is -1.64. The van der Waals surface area contributed by atoms with Crippen LogP contribution in [0.15, 0.2) is 65.7 Å². The van der Waals surface area contributed by atoms with Crippen molar-refractivity contribution in [3.63, 3.8) is 0 Å². The molecule has 2 aromatic rings. The van der Waals surface area contributed by atoms with Gasteiger partial charge in [-0.2, -0.15) is 0 Å². The van der Waals surface area contributed by atoms with Gasteiger partial charge in [0.15, 0.2) is 5.96 Å². The molecule has 1 aliphatic rings. The van der Waals surface area contributed by atoms with Crippen LogP contribution in [0.1, 0.15) is 43.2 Å². The Morgan fingerprint density at radius 3 is 2.10 bits per heavy atom. The van der Waals surface area contributed by atoms with Crippen LogP contribution in [-0.2, 0) is 9.47 Å². The number of halogens is 1. The average molecular weight is 537 g/mol. The molecule has 1 saturated heterocycles. The zero-order chi connectivity index (χ0) is 21.1. The molecule has 5 nitrogen and oxygen atoms in total. The maximum absolute atomic E-state index is 5.82. The number of nitrogens with one attached hydrogen (secondary N) is 2. The summed E-state index contributed by atoms with van der Waals surface area (Å²) < 4.78 is 11.3. The van der Waals surface area contributed by atoms with Crippen LogP contribution < -0.4 is 10.6 Å². The van der Waals surface area contributed by atoms with Crippen molar-refractivity contribution in [1.82, 2.24) is 10.6 Å². The Morgan fingerprint density at radius 1 is 1.00 bits per heavy atom. The normalized spacial score (nSPS) is 15.9. The lowest BCUT2D eigenvalue weighted by Gasteiger charge is -2.34. The highest BCUT2D eigenvalue weighted by Gasteiger charge is 2.32. The van der Waals surface area contributed by atoms with Crippen LogP contribution in [0.25, 0.3) is 0 Å². The van der Waals surface area contributed by atoms with Crippen LogP contribution in [0.2, 0.25) is 0 Å². The summed E-state index contributed by atoms with van der Waals surface area (Å²) in [6.07, 6.45) is 2.76. The molecule has 2 aromatic carbocycles. The summed E-state index contributed by atoms with van der Waals surface area (Å²) in [4.78, 5) is 4.84. The van der Waals surface area contributed by atoms with E-state index in [0.717, 1.165) is 51.5 Å². The molecule has 0 saturated carbocycles. The molecule has 1 aliphatic heterocycles. The number of aliphatic imine (C=N–C) groups is 1. The molecular formula is C25H36IN3O2. The summed E-state index contributed by atoms with van der Waals surface area (Å²) in [6.45, 7) is 5.88. The Bertz CT molecular complexity index is 725. The standard InChI is InChI=1S/C25H35N3O2.HI/c1-3-26-24(28-20-25(29-2)15-18-30-19-16-25)27-17-14-23(21-10-6-4-7-11-21)22-12-8-5-9-13-22;/h4-13,23H,3,14-20H2,1-2H3,(H2,26,27,28);1H. The van der Waals surface area contributed by atoms with Crippen LogP contribution in [0.5, 0.6) is 0 Å². The van der Waals surface area contributed by atoms with Crippen molar-refractivity contribution in [3.8, 4) is 0 Å². The summed E-state index contributed by atoms with van der Waals surface area (Å²) in [5.74, 6) is 1.20. The van der Waals surface area contributed by atoms with Gasteiger partial charge in [0, 0.05) is 52.2 Å². The Morgan fingerprint density at radius 2 is 1.58 bits per heavy atom. The second kappa shape index (κ2) is 13.7. The summed E-state index contributed by atoms with van der Waals surface area (Å²) >= 11 is 0. The molecule has 0 amide bonds. The van der Waals surface area contributed by atoms with Crippen LogP contribution in [0, 0.1) is 0 Å². The minimum atomic E-state index is -0.211. The van der Waals surface area contributed by atoms with Crippen molar-refractivity contribution in [3.05, 3.63) is 71.8 Å². The van der Waals surface area contributed by atoms with Gasteiger partial charge in [-0.15, -0.1) is 24.0 Å². The lowest BCUT2D eigenvalue weighted by atomic mass is 9.88. The first-order valence-electron chi connectivity index (χ1n) is 11.0. The maximum atomic E-state index is 5.82. The largest absolute Gasteiger partial charge is 0.381 e. The molecule has 0 aromatic heterocycles. The first-order valence-corrected chi connectivity index (χ1v) is 11.0. The molecule has 2 N–H and O–H groups in total. The van der Waals surface area contributed by atoms with Gasteiger partial charge in [0.1, 0.15) is 0 Å². The van der Waals surface area contributed by atoms with Crippen molar-refractivity contribution in [2.45, 2.75) is 37.7 Å². The van der Waals surface area contributed by atoms with E-state index in [1.165, 1.54) is 11.1 Å². The van der Waals surface area contributed by atoms with Crippen LogP contribution in [0.3, 0.4) is 0 Å². The van der Waals surface area contributed by atoms with E-state index in [1.807, 2.05) is 0 Å². The third kappa shape index (κ3) is 7.77. The van der Waals surface area contributed by atoms with Crippen molar-refractivity contribution in [2.24, 2.45) is 4.99 Å². The van der Waals surface area contributed by atoms with E-state index in [2.05, 4.69) is 78.2 Å². The smallest absolute Gasteiger partial charge is 0.191 e. The topological polar surface area (TPSA) is 54.9 Å². The van der Waals surface area contributed by atoms with E-state index in [9.17, 15) is 0 Å². The van der Waals surface area contributed by atoms with E-state index < -0.39 is 0 Å². The zero-order valence-corrected chi connectivity index (χ0v) is 21.0. The van der Waals surface area contributed by atoms with Crippen LogP contribution in [0.4, 0.5) is 0 Å². The van der Waals surface area contributed by atoms with Gasteiger partial charge in [0.25, 0.3) is 0 Å². The fraction of sp³-hybridized carbons (Fsp3) is 0.480. The van der Waals surface area contributed by atoms with Gasteiger partial charge in [0.2, 0.25) is 0 Å². The predicted octanol–water partition coefficient (Wildman–Crippen LogP) is 4.58. The monoisotopic (exact) mass is 537 g/mol. The van der Waals surface area contributed by atoms with Crippen LogP contribution in [-0.4, -0.2) is 51.5 Å². The highest BCUT2D eigenvalue weighted by atomic mass is 127. The zero-order valence-electron chi connectivity index (χ0n) is 18.7. The van der Waals surface area contributed by atoms with Gasteiger partial charge in [-0.3, -0.25) is 4.99 Å². The molecule has 0 bridgehead atoms. The fourth-order valence-electron chi connectivity index (χ4n) is 3.97. The number of hydrogen-bond acceptors (Lipinski definition) is 3. The van der Waals surface area contributed by atoms with Gasteiger partial charge in [-0.25, -0.2) is 0 Å². The minimum Gasteiger partial charge on any atom is -0.381 e. The number of methoxy groups -OCH3 is 1. The Balaban J connectivity index is 0.00000341. The Kier molecular flexibility index (Phi) is 11.3. The molecule has 170 valence electrons. The lowest BCUT2D eigenvalue weighted by Crippen LogP contribution is -2.44. The van der Waals surface area contributed by atoms with E-state index in [0.29, 0.717) is 12.5 Å². The molecule has 0 atom stereocenters. The number of nitrogens with zero attached hydrogens (tertiary/aromatic N) is 1. The second-order valence-electron chi connectivity index (χ2n) is 7.78.